The van der Waals surface area contributed by atoms with Crippen LogP contribution in [0, 0.1) is 0 Å². The molecule has 1 unspecified atom stereocenters. The first kappa shape index (κ1) is 14.2. The molecule has 1 aromatic carbocycles. The molecule has 3 heterocycles. The normalized spacial score (nSPS) is 18.5. The maximum absolute atomic E-state index is 10.0. The Hall–Kier alpha value is -2.46. The number of hydrogen-bond donors (Lipinski definition) is 1. The number of nitrogens with zero attached hydrogens (tertiary/aromatic N) is 3. The van der Waals surface area contributed by atoms with E-state index in [9.17, 15) is 5.11 Å². The van der Waals surface area contributed by atoms with Gasteiger partial charge in [-0.05, 0) is 43.7 Å². The molecule has 4 nitrogen and oxygen atoms in total. The van der Waals surface area contributed by atoms with E-state index in [1.54, 1.807) is 6.07 Å². The highest BCUT2D eigenvalue weighted by molar-refractivity contribution is 5.84. The Kier molecular flexibility index (Phi) is 3.67. The number of phenolic OH excluding ortho intramolecular Hbond substituents is 1. The smallest absolute Gasteiger partial charge is 0.141 e. The summed E-state index contributed by atoms with van der Waals surface area (Å²) in [6, 6.07) is 16.0. The van der Waals surface area contributed by atoms with Crippen molar-refractivity contribution in [3.05, 3.63) is 66.1 Å². The monoisotopic (exact) mass is 305 g/mol. The standard InChI is InChI=1S/C19H19N3O/c23-18-8-3-5-14-9-10-15(21-19(14)18)13-22-12-4-7-17(22)16-6-1-2-11-20-16/h1-3,5-6,8-11,17,23H,4,7,12-13H2. The van der Waals surface area contributed by atoms with Gasteiger partial charge in [0.1, 0.15) is 11.3 Å². The molecular formula is C19H19N3O. The van der Waals surface area contributed by atoms with Crippen molar-refractivity contribution < 1.29 is 5.11 Å². The third-order valence-corrected chi connectivity index (χ3v) is 4.51. The molecule has 0 bridgehead atoms. The molecule has 4 heteroatoms. The molecule has 1 atom stereocenters. The van der Waals surface area contributed by atoms with Crippen molar-refractivity contribution in [2.45, 2.75) is 25.4 Å². The second-order valence-corrected chi connectivity index (χ2v) is 6.03. The van der Waals surface area contributed by atoms with Gasteiger partial charge in [-0.1, -0.05) is 24.3 Å². The molecular weight excluding hydrogens is 286 g/mol. The fraction of sp³-hybridized carbons (Fsp3) is 0.263. The summed E-state index contributed by atoms with van der Waals surface area (Å²) in [5.41, 5.74) is 2.80. The predicted molar refractivity (Wildman–Crippen MR) is 90.0 cm³/mol. The van der Waals surface area contributed by atoms with E-state index in [2.05, 4.69) is 27.0 Å². The first-order valence-electron chi connectivity index (χ1n) is 8.04. The van der Waals surface area contributed by atoms with Gasteiger partial charge in [0.05, 0.1) is 17.4 Å². The van der Waals surface area contributed by atoms with Crippen molar-refractivity contribution in [3.8, 4) is 5.75 Å². The first-order chi connectivity index (χ1) is 11.3. The van der Waals surface area contributed by atoms with Crippen molar-refractivity contribution in [3.63, 3.8) is 0 Å². The van der Waals surface area contributed by atoms with Gasteiger partial charge in [-0.25, -0.2) is 4.98 Å². The molecule has 4 rings (SSSR count). The predicted octanol–water partition coefficient (Wildman–Crippen LogP) is 3.67. The quantitative estimate of drug-likeness (QED) is 0.802. The Labute approximate surface area is 135 Å². The molecule has 1 fully saturated rings. The maximum atomic E-state index is 10.0. The number of phenols is 1. The van der Waals surface area contributed by atoms with E-state index in [1.807, 2.05) is 36.5 Å². The number of para-hydroxylation sites is 1. The lowest BCUT2D eigenvalue weighted by Crippen LogP contribution is -2.23. The van der Waals surface area contributed by atoms with Crippen LogP contribution in [0.5, 0.6) is 5.75 Å². The number of hydrogen-bond acceptors (Lipinski definition) is 4. The summed E-state index contributed by atoms with van der Waals surface area (Å²) in [5.74, 6) is 0.243. The SMILES string of the molecule is Oc1cccc2ccc(CN3CCCC3c3ccccn3)nc12. The molecule has 1 aliphatic rings. The minimum absolute atomic E-state index is 0.243. The largest absolute Gasteiger partial charge is 0.506 e. The Morgan fingerprint density at radius 1 is 1.09 bits per heavy atom. The summed E-state index contributed by atoms with van der Waals surface area (Å²) in [5, 5.41) is 11.0. The number of aromatic hydroxyl groups is 1. The van der Waals surface area contributed by atoms with E-state index in [0.717, 1.165) is 36.3 Å². The van der Waals surface area contributed by atoms with Crippen LogP contribution in [0.15, 0.2) is 54.7 Å². The van der Waals surface area contributed by atoms with Gasteiger partial charge in [0.25, 0.3) is 0 Å². The zero-order valence-electron chi connectivity index (χ0n) is 12.9. The number of rotatable bonds is 3. The number of benzene rings is 1. The first-order valence-corrected chi connectivity index (χ1v) is 8.04. The molecule has 2 aromatic heterocycles. The van der Waals surface area contributed by atoms with E-state index >= 15 is 0 Å². The summed E-state index contributed by atoms with van der Waals surface area (Å²) in [4.78, 5) is 11.6. The lowest BCUT2D eigenvalue weighted by Gasteiger charge is -2.23. The molecule has 1 N–H and O–H groups in total. The Bertz CT molecular complexity index is 819. The van der Waals surface area contributed by atoms with Crippen molar-refractivity contribution in [2.24, 2.45) is 0 Å². The summed E-state index contributed by atoms with van der Waals surface area (Å²) < 4.78 is 0. The minimum atomic E-state index is 0.243. The van der Waals surface area contributed by atoms with Gasteiger partial charge in [0.2, 0.25) is 0 Å². The number of pyridine rings is 2. The van der Waals surface area contributed by atoms with Gasteiger partial charge >= 0.3 is 0 Å². The summed E-state index contributed by atoms with van der Waals surface area (Å²) >= 11 is 0. The van der Waals surface area contributed by atoms with Crippen LogP contribution in [0.4, 0.5) is 0 Å². The van der Waals surface area contributed by atoms with Crippen molar-refractivity contribution in [1.29, 1.82) is 0 Å². The van der Waals surface area contributed by atoms with Gasteiger partial charge in [0, 0.05) is 18.1 Å². The maximum Gasteiger partial charge on any atom is 0.141 e. The fourth-order valence-electron chi connectivity index (χ4n) is 3.39. The van der Waals surface area contributed by atoms with Crippen molar-refractivity contribution >= 4 is 10.9 Å². The van der Waals surface area contributed by atoms with E-state index in [0.29, 0.717) is 11.6 Å². The third kappa shape index (κ3) is 2.78. The van der Waals surface area contributed by atoms with Gasteiger partial charge in [-0.15, -0.1) is 0 Å². The molecule has 0 aliphatic carbocycles. The molecule has 0 amide bonds. The van der Waals surface area contributed by atoms with Crippen LogP contribution in [0.2, 0.25) is 0 Å². The van der Waals surface area contributed by atoms with Crippen LogP contribution >= 0.6 is 0 Å². The van der Waals surface area contributed by atoms with Crippen LogP contribution in [0.3, 0.4) is 0 Å². The lowest BCUT2D eigenvalue weighted by atomic mass is 10.1. The van der Waals surface area contributed by atoms with Crippen molar-refractivity contribution in [1.82, 2.24) is 14.9 Å². The van der Waals surface area contributed by atoms with Crippen LogP contribution in [0.25, 0.3) is 10.9 Å². The van der Waals surface area contributed by atoms with E-state index in [1.165, 1.54) is 6.42 Å². The number of fused-ring (bicyclic) bond motifs is 1. The average Bonchev–Trinajstić information content (AvgIpc) is 3.05. The molecule has 116 valence electrons. The Morgan fingerprint density at radius 3 is 2.91 bits per heavy atom. The van der Waals surface area contributed by atoms with Gasteiger partial charge in [0.15, 0.2) is 0 Å². The Balaban J connectivity index is 1.61. The molecule has 1 aliphatic heterocycles. The van der Waals surface area contributed by atoms with Crippen LogP contribution in [-0.4, -0.2) is 26.5 Å². The lowest BCUT2D eigenvalue weighted by molar-refractivity contribution is 0.242. The summed E-state index contributed by atoms with van der Waals surface area (Å²) in [6.45, 7) is 1.84. The van der Waals surface area contributed by atoms with Gasteiger partial charge < -0.3 is 5.11 Å². The van der Waals surface area contributed by atoms with Crippen LogP contribution in [0.1, 0.15) is 30.3 Å². The summed E-state index contributed by atoms with van der Waals surface area (Å²) in [7, 11) is 0. The van der Waals surface area contributed by atoms with Crippen LogP contribution in [-0.2, 0) is 6.54 Å². The van der Waals surface area contributed by atoms with Gasteiger partial charge in [-0.3, -0.25) is 9.88 Å². The average molecular weight is 305 g/mol. The third-order valence-electron chi connectivity index (χ3n) is 4.51. The molecule has 23 heavy (non-hydrogen) atoms. The highest BCUT2D eigenvalue weighted by atomic mass is 16.3. The Morgan fingerprint density at radius 2 is 2.04 bits per heavy atom. The second-order valence-electron chi connectivity index (χ2n) is 6.03. The topological polar surface area (TPSA) is 49.2 Å². The van der Waals surface area contributed by atoms with E-state index in [4.69, 9.17) is 0 Å². The molecule has 0 spiro atoms. The second kappa shape index (κ2) is 5.97. The molecule has 3 aromatic rings. The van der Waals surface area contributed by atoms with E-state index < -0.39 is 0 Å². The number of aromatic nitrogens is 2. The highest BCUT2D eigenvalue weighted by Gasteiger charge is 2.27. The van der Waals surface area contributed by atoms with Crippen LogP contribution < -0.4 is 0 Å². The summed E-state index contributed by atoms with van der Waals surface area (Å²) in [6.07, 6.45) is 4.17. The minimum Gasteiger partial charge on any atom is -0.506 e. The van der Waals surface area contributed by atoms with E-state index in [-0.39, 0.29) is 5.75 Å². The molecule has 1 saturated heterocycles. The molecule has 0 radical (unpaired) electrons. The molecule has 0 saturated carbocycles. The fourth-order valence-corrected chi connectivity index (χ4v) is 3.39. The zero-order chi connectivity index (χ0) is 15.6. The zero-order valence-corrected chi connectivity index (χ0v) is 12.9. The number of likely N-dealkylation sites (tertiary alicyclic amines) is 1. The van der Waals surface area contributed by atoms with Crippen molar-refractivity contribution in [2.75, 3.05) is 6.54 Å². The van der Waals surface area contributed by atoms with Gasteiger partial charge in [-0.2, -0.15) is 0 Å². The highest BCUT2D eigenvalue weighted by Crippen LogP contribution is 2.32.